The number of aromatic nitrogens is 2. The van der Waals surface area contributed by atoms with Crippen LogP contribution in [0.1, 0.15) is 17.0 Å². The van der Waals surface area contributed by atoms with Crippen molar-refractivity contribution >= 4 is 22.9 Å². The molecule has 0 radical (unpaired) electrons. The number of hydrogen-bond donors (Lipinski definition) is 1. The number of aryl methyl sites for hydroxylation is 2. The Hall–Kier alpha value is -1.42. The van der Waals surface area contributed by atoms with Crippen molar-refractivity contribution in [2.75, 3.05) is 0 Å². The van der Waals surface area contributed by atoms with Gasteiger partial charge in [-0.15, -0.1) is 0 Å². The first-order valence-electron chi connectivity index (χ1n) is 4.80. The van der Waals surface area contributed by atoms with E-state index in [-0.39, 0.29) is 0 Å². The molecule has 0 aliphatic carbocycles. The molecule has 0 aliphatic heterocycles. The summed E-state index contributed by atoms with van der Waals surface area (Å²) in [6.07, 6.45) is 2.61. The van der Waals surface area contributed by atoms with Crippen molar-refractivity contribution in [2.45, 2.75) is 20.3 Å². The highest BCUT2D eigenvalue weighted by Gasteiger charge is 2.08. The highest BCUT2D eigenvalue weighted by atomic mass is 32.1. The molecule has 78 valence electrons. The van der Waals surface area contributed by atoms with Crippen LogP contribution in [0, 0.1) is 13.8 Å². The zero-order chi connectivity index (χ0) is 11.0. The lowest BCUT2D eigenvalue weighted by atomic mass is 10.2. The Bertz CT molecular complexity index is 528. The highest BCUT2D eigenvalue weighted by Crippen LogP contribution is 2.13. The quantitative estimate of drug-likeness (QED) is 0.783. The normalized spacial score (nSPS) is 10.8. The van der Waals surface area contributed by atoms with E-state index in [9.17, 15) is 0 Å². The Labute approximate surface area is 93.9 Å². The molecule has 2 heterocycles. The van der Waals surface area contributed by atoms with Crippen LogP contribution in [0.25, 0.3) is 5.65 Å². The first-order chi connectivity index (χ1) is 7.08. The van der Waals surface area contributed by atoms with E-state index >= 15 is 0 Å². The second kappa shape index (κ2) is 3.62. The van der Waals surface area contributed by atoms with Crippen LogP contribution in [-0.4, -0.2) is 14.4 Å². The summed E-state index contributed by atoms with van der Waals surface area (Å²) >= 11 is 4.93. The molecule has 0 unspecified atom stereocenters. The Morgan fingerprint density at radius 3 is 2.93 bits per heavy atom. The maximum absolute atomic E-state index is 5.56. The highest BCUT2D eigenvalue weighted by molar-refractivity contribution is 7.80. The lowest BCUT2D eigenvalue weighted by molar-refractivity contribution is 1.05. The molecule has 2 aromatic rings. The Balaban J connectivity index is 2.63. The smallest absolute Gasteiger partial charge is 0.137 e. The first-order valence-corrected chi connectivity index (χ1v) is 5.21. The lowest BCUT2D eigenvalue weighted by Gasteiger charge is -2.01. The summed E-state index contributed by atoms with van der Waals surface area (Å²) in [5.41, 5.74) is 9.80. The third-order valence-corrected chi connectivity index (χ3v) is 2.57. The zero-order valence-corrected chi connectivity index (χ0v) is 9.64. The van der Waals surface area contributed by atoms with Gasteiger partial charge in [-0.25, -0.2) is 4.98 Å². The molecular formula is C11H13N3S. The number of rotatable bonds is 2. The third-order valence-electron chi connectivity index (χ3n) is 2.42. The molecule has 2 N–H and O–H groups in total. The fourth-order valence-corrected chi connectivity index (χ4v) is 1.83. The molecule has 4 heteroatoms. The van der Waals surface area contributed by atoms with Crippen LogP contribution in [0.5, 0.6) is 0 Å². The molecule has 15 heavy (non-hydrogen) atoms. The molecule has 0 spiro atoms. The summed E-state index contributed by atoms with van der Waals surface area (Å²) in [6, 6.07) is 4.10. The molecule has 0 saturated carbocycles. The van der Waals surface area contributed by atoms with Crippen LogP contribution in [-0.2, 0) is 6.42 Å². The van der Waals surface area contributed by atoms with Crippen molar-refractivity contribution in [1.29, 1.82) is 0 Å². The van der Waals surface area contributed by atoms with E-state index in [1.807, 2.05) is 17.5 Å². The van der Waals surface area contributed by atoms with Crippen LogP contribution in [0.3, 0.4) is 0 Å². The van der Waals surface area contributed by atoms with Gasteiger partial charge in [-0.3, -0.25) is 0 Å². The Kier molecular flexibility index (Phi) is 2.44. The zero-order valence-electron chi connectivity index (χ0n) is 8.82. The lowest BCUT2D eigenvalue weighted by Crippen LogP contribution is -2.13. The van der Waals surface area contributed by atoms with Crippen LogP contribution in [0.15, 0.2) is 18.3 Å². The molecular weight excluding hydrogens is 206 g/mol. The topological polar surface area (TPSA) is 43.3 Å². The minimum Gasteiger partial charge on any atom is -0.393 e. The fourth-order valence-electron chi connectivity index (χ4n) is 1.69. The second-order valence-electron chi connectivity index (χ2n) is 3.72. The van der Waals surface area contributed by atoms with E-state index < -0.39 is 0 Å². The van der Waals surface area contributed by atoms with Gasteiger partial charge in [0.15, 0.2) is 0 Å². The van der Waals surface area contributed by atoms with Crippen LogP contribution in [0.4, 0.5) is 0 Å². The summed E-state index contributed by atoms with van der Waals surface area (Å²) in [7, 11) is 0. The summed E-state index contributed by atoms with van der Waals surface area (Å²) in [6.45, 7) is 4.03. The predicted molar refractivity (Wildman–Crippen MR) is 65.2 cm³/mol. The average molecular weight is 219 g/mol. The van der Waals surface area contributed by atoms with Crippen molar-refractivity contribution in [3.8, 4) is 0 Å². The maximum Gasteiger partial charge on any atom is 0.137 e. The van der Waals surface area contributed by atoms with Crippen molar-refractivity contribution in [2.24, 2.45) is 5.73 Å². The van der Waals surface area contributed by atoms with Crippen LogP contribution >= 0.6 is 12.2 Å². The number of imidazole rings is 1. The van der Waals surface area contributed by atoms with Gasteiger partial charge in [-0.1, -0.05) is 12.2 Å². The van der Waals surface area contributed by atoms with Gasteiger partial charge in [-0.05, 0) is 31.5 Å². The predicted octanol–water partition coefficient (Wildman–Crippen LogP) is 1.78. The standard InChI is InChI=1S/C11H13N3S/c1-7-3-4-14-9(6-10(12)15)8(2)13-11(14)5-7/h3-5H,6H2,1-2H3,(H2,12,15). The Morgan fingerprint density at radius 1 is 1.53 bits per heavy atom. The number of nitrogens with zero attached hydrogens (tertiary/aromatic N) is 2. The van der Waals surface area contributed by atoms with Gasteiger partial charge in [0.2, 0.25) is 0 Å². The molecule has 0 aromatic carbocycles. The van der Waals surface area contributed by atoms with Crippen molar-refractivity contribution < 1.29 is 0 Å². The first kappa shape index (κ1) is 10.1. The number of nitrogens with two attached hydrogens (primary N) is 1. The van der Waals surface area contributed by atoms with Gasteiger partial charge in [-0.2, -0.15) is 0 Å². The molecule has 0 amide bonds. The molecule has 0 aliphatic rings. The fraction of sp³-hybridized carbons (Fsp3) is 0.273. The van der Waals surface area contributed by atoms with Gasteiger partial charge in [0.25, 0.3) is 0 Å². The van der Waals surface area contributed by atoms with Crippen LogP contribution in [0.2, 0.25) is 0 Å². The van der Waals surface area contributed by atoms with Crippen molar-refractivity contribution in [3.05, 3.63) is 35.3 Å². The van der Waals surface area contributed by atoms with Crippen molar-refractivity contribution in [3.63, 3.8) is 0 Å². The number of thiocarbonyl (C=S) groups is 1. The van der Waals surface area contributed by atoms with Gasteiger partial charge in [0, 0.05) is 12.6 Å². The maximum atomic E-state index is 5.56. The third kappa shape index (κ3) is 1.85. The largest absolute Gasteiger partial charge is 0.393 e. The van der Waals surface area contributed by atoms with E-state index in [4.69, 9.17) is 18.0 Å². The summed E-state index contributed by atoms with van der Waals surface area (Å²) < 4.78 is 2.04. The molecule has 3 nitrogen and oxygen atoms in total. The van der Waals surface area contributed by atoms with E-state index in [1.54, 1.807) is 0 Å². The van der Waals surface area contributed by atoms with E-state index in [2.05, 4.69) is 24.0 Å². The minimum absolute atomic E-state index is 0.500. The minimum atomic E-state index is 0.500. The van der Waals surface area contributed by atoms with Gasteiger partial charge in [0.1, 0.15) is 5.65 Å². The molecule has 2 aromatic heterocycles. The number of pyridine rings is 1. The Morgan fingerprint density at radius 2 is 2.27 bits per heavy atom. The van der Waals surface area contributed by atoms with E-state index in [0.717, 1.165) is 17.0 Å². The van der Waals surface area contributed by atoms with E-state index in [1.165, 1.54) is 5.56 Å². The van der Waals surface area contributed by atoms with Crippen molar-refractivity contribution in [1.82, 2.24) is 9.38 Å². The van der Waals surface area contributed by atoms with E-state index in [0.29, 0.717) is 11.4 Å². The van der Waals surface area contributed by atoms with Crippen LogP contribution < -0.4 is 5.73 Å². The number of fused-ring (bicyclic) bond motifs is 1. The summed E-state index contributed by atoms with van der Waals surface area (Å²) in [5, 5.41) is 0. The average Bonchev–Trinajstić information content (AvgIpc) is 2.41. The second-order valence-corrected chi connectivity index (χ2v) is 4.24. The van der Waals surface area contributed by atoms with Gasteiger partial charge < -0.3 is 10.1 Å². The molecule has 2 rings (SSSR count). The SMILES string of the molecule is Cc1ccn2c(CC(N)=S)c(C)nc2c1. The van der Waals surface area contributed by atoms with Gasteiger partial charge >= 0.3 is 0 Å². The molecule has 0 atom stereocenters. The summed E-state index contributed by atoms with van der Waals surface area (Å²) in [5.74, 6) is 0. The summed E-state index contributed by atoms with van der Waals surface area (Å²) in [4.78, 5) is 4.98. The van der Waals surface area contributed by atoms with Gasteiger partial charge in [0.05, 0.1) is 16.4 Å². The molecule has 0 bridgehead atoms. The monoisotopic (exact) mass is 219 g/mol. The molecule has 0 fully saturated rings. The number of hydrogen-bond acceptors (Lipinski definition) is 2. The molecule has 0 saturated heterocycles.